The first-order valence-corrected chi connectivity index (χ1v) is 17.0. The van der Waals surface area contributed by atoms with Crippen LogP contribution in [0, 0.1) is 11.3 Å². The minimum atomic E-state index is -3.69. The number of nitrogens with two attached hydrogens (primary N) is 1. The molecule has 0 bridgehead atoms. The number of hydrogen-bond acceptors (Lipinski definition) is 9. The van der Waals surface area contributed by atoms with Gasteiger partial charge in [0, 0.05) is 23.4 Å². The van der Waals surface area contributed by atoms with Crippen molar-refractivity contribution in [3.05, 3.63) is 50.9 Å². The highest BCUT2D eigenvalue weighted by Crippen LogP contribution is 2.26. The number of aromatic nitrogens is 1. The minimum absolute atomic E-state index is 0.104. The average Bonchev–Trinajstić information content (AvgIpc) is 3.61. The molecular formula is C27H38ClN7O5S2. The maximum absolute atomic E-state index is 13.9. The van der Waals surface area contributed by atoms with Crippen molar-refractivity contribution in [2.24, 2.45) is 11.7 Å². The van der Waals surface area contributed by atoms with Crippen LogP contribution in [0.2, 0.25) is 5.02 Å². The average molecular weight is 640 g/mol. The van der Waals surface area contributed by atoms with Gasteiger partial charge in [0.2, 0.25) is 21.8 Å². The number of thiazole rings is 1. The lowest BCUT2D eigenvalue weighted by Crippen LogP contribution is -2.53. The van der Waals surface area contributed by atoms with E-state index in [9.17, 15) is 18.0 Å². The molecule has 1 aromatic heterocycles. The van der Waals surface area contributed by atoms with E-state index in [-0.39, 0.29) is 32.0 Å². The molecule has 42 heavy (non-hydrogen) atoms. The standard InChI is InChI=1S/C27H38ClN7O5S2/c1-42(38,39)34-21(7-4-17-8-10-31-11-9-17)27(37)35-14-20(40-15-18-2-5-19(28)6-3-18)12-23(35)26(36)32-13-24-33-22(16-41-24)25(29)30/h2-3,5-6,16-17,20-21,23,31,34H,4,7-15H2,1H3,(H3,29,30)(H,32,36)/t20-,21-,23?/m1/s1. The number of nitrogens with one attached hydrogen (secondary N) is 4. The van der Waals surface area contributed by atoms with E-state index in [0.717, 1.165) is 37.8 Å². The lowest BCUT2D eigenvalue weighted by Gasteiger charge is -2.29. The number of halogens is 1. The van der Waals surface area contributed by atoms with E-state index < -0.39 is 40.0 Å². The van der Waals surface area contributed by atoms with Crippen molar-refractivity contribution in [1.29, 1.82) is 5.41 Å². The molecule has 2 saturated heterocycles. The zero-order chi connectivity index (χ0) is 30.3. The van der Waals surface area contributed by atoms with Gasteiger partial charge in [0.05, 0.1) is 25.5 Å². The van der Waals surface area contributed by atoms with Crippen molar-refractivity contribution in [3.8, 4) is 0 Å². The number of amidine groups is 1. The second kappa shape index (κ2) is 14.7. The van der Waals surface area contributed by atoms with Crippen LogP contribution in [0.25, 0.3) is 0 Å². The zero-order valence-corrected chi connectivity index (χ0v) is 25.9. The molecular weight excluding hydrogens is 602 g/mol. The Morgan fingerprint density at radius 2 is 2.00 bits per heavy atom. The molecule has 1 unspecified atom stereocenters. The number of likely N-dealkylation sites (tertiary alicyclic amines) is 1. The summed E-state index contributed by atoms with van der Waals surface area (Å²) in [6.45, 7) is 2.32. The smallest absolute Gasteiger partial charge is 0.243 e. The van der Waals surface area contributed by atoms with Gasteiger partial charge in [-0.1, -0.05) is 23.7 Å². The molecule has 6 N–H and O–H groups in total. The monoisotopic (exact) mass is 639 g/mol. The number of carbonyl (C=O) groups is 2. The van der Waals surface area contributed by atoms with Crippen LogP contribution in [0.15, 0.2) is 29.6 Å². The molecule has 0 saturated carbocycles. The topological polar surface area (TPSA) is 180 Å². The van der Waals surface area contributed by atoms with Crippen molar-refractivity contribution in [1.82, 2.24) is 25.2 Å². The summed E-state index contributed by atoms with van der Waals surface area (Å²) >= 11 is 7.25. The van der Waals surface area contributed by atoms with Gasteiger partial charge in [-0.3, -0.25) is 15.0 Å². The fraction of sp³-hybridized carbons (Fsp3) is 0.556. The first kappa shape index (κ1) is 32.3. The molecule has 230 valence electrons. The Balaban J connectivity index is 1.48. The van der Waals surface area contributed by atoms with Crippen LogP contribution in [0.4, 0.5) is 0 Å². The predicted molar refractivity (Wildman–Crippen MR) is 162 cm³/mol. The summed E-state index contributed by atoms with van der Waals surface area (Å²) in [4.78, 5) is 33.0. The normalized spacial score (nSPS) is 20.4. The predicted octanol–water partition coefficient (Wildman–Crippen LogP) is 1.58. The van der Waals surface area contributed by atoms with E-state index >= 15 is 0 Å². The maximum Gasteiger partial charge on any atom is 0.243 e. The van der Waals surface area contributed by atoms with E-state index in [1.165, 1.54) is 16.2 Å². The van der Waals surface area contributed by atoms with Crippen LogP contribution in [-0.2, 0) is 37.5 Å². The number of piperidine rings is 1. The Kier molecular flexibility index (Phi) is 11.3. The summed E-state index contributed by atoms with van der Waals surface area (Å²) in [5.74, 6) is -0.600. The molecule has 2 aromatic rings. The van der Waals surface area contributed by atoms with Crippen LogP contribution < -0.4 is 21.1 Å². The maximum atomic E-state index is 13.9. The van der Waals surface area contributed by atoms with Gasteiger partial charge in [0.1, 0.15) is 28.6 Å². The number of benzene rings is 1. The van der Waals surface area contributed by atoms with Crippen LogP contribution >= 0.6 is 22.9 Å². The second-order valence-corrected chi connectivity index (χ2v) is 13.9. The SMILES string of the molecule is CS(=O)(=O)N[C@H](CCC1CCNCC1)C(=O)N1C[C@H](OCc2ccc(Cl)cc2)CC1C(=O)NCc1nc(C(=N)N)cs1. The number of amides is 2. The van der Waals surface area contributed by atoms with Gasteiger partial charge in [-0.2, -0.15) is 0 Å². The van der Waals surface area contributed by atoms with Crippen LogP contribution in [-0.4, -0.2) is 80.0 Å². The molecule has 2 aliphatic rings. The lowest BCUT2D eigenvalue weighted by atomic mass is 9.91. The molecule has 0 radical (unpaired) electrons. The molecule has 3 heterocycles. The summed E-state index contributed by atoms with van der Waals surface area (Å²) < 4.78 is 33.1. The summed E-state index contributed by atoms with van der Waals surface area (Å²) in [5.41, 5.74) is 6.73. The van der Waals surface area contributed by atoms with Gasteiger partial charge in [-0.15, -0.1) is 11.3 Å². The molecule has 12 nitrogen and oxygen atoms in total. The third-order valence-electron chi connectivity index (χ3n) is 7.47. The molecule has 0 spiro atoms. The lowest BCUT2D eigenvalue weighted by molar-refractivity contribution is -0.140. The zero-order valence-electron chi connectivity index (χ0n) is 23.5. The number of ether oxygens (including phenoxy) is 1. The third-order valence-corrected chi connectivity index (χ3v) is 9.28. The molecule has 0 aliphatic carbocycles. The second-order valence-electron chi connectivity index (χ2n) is 10.8. The highest BCUT2D eigenvalue weighted by Gasteiger charge is 2.42. The fourth-order valence-electron chi connectivity index (χ4n) is 5.27. The Morgan fingerprint density at radius 1 is 1.29 bits per heavy atom. The number of sulfonamides is 1. The van der Waals surface area contributed by atoms with E-state index in [0.29, 0.717) is 34.5 Å². The van der Waals surface area contributed by atoms with Gasteiger partial charge in [0.25, 0.3) is 0 Å². The number of rotatable bonds is 13. The van der Waals surface area contributed by atoms with Gasteiger partial charge < -0.3 is 26.0 Å². The Hall–Kier alpha value is -2.62. The number of nitrogen functional groups attached to an aromatic ring is 1. The summed E-state index contributed by atoms with van der Waals surface area (Å²) in [6.07, 6.45) is 3.83. The highest BCUT2D eigenvalue weighted by molar-refractivity contribution is 7.88. The molecule has 1 aromatic carbocycles. The number of hydrogen-bond donors (Lipinski definition) is 5. The quantitative estimate of drug-likeness (QED) is 0.162. The third kappa shape index (κ3) is 9.44. The fourth-order valence-corrected chi connectivity index (χ4v) is 6.86. The first-order chi connectivity index (χ1) is 20.0. The van der Waals surface area contributed by atoms with E-state index in [1.807, 2.05) is 12.1 Å². The Bertz CT molecular complexity index is 1350. The van der Waals surface area contributed by atoms with Crippen molar-refractivity contribution in [3.63, 3.8) is 0 Å². The summed E-state index contributed by atoms with van der Waals surface area (Å²) in [5, 5.41) is 16.5. The van der Waals surface area contributed by atoms with Gasteiger partial charge in [-0.25, -0.2) is 18.1 Å². The molecule has 2 fully saturated rings. The van der Waals surface area contributed by atoms with E-state index in [4.69, 9.17) is 27.5 Å². The van der Waals surface area contributed by atoms with Gasteiger partial charge >= 0.3 is 0 Å². The number of nitrogens with zero attached hydrogens (tertiary/aromatic N) is 2. The Morgan fingerprint density at radius 3 is 2.64 bits per heavy atom. The van der Waals surface area contributed by atoms with Crippen molar-refractivity contribution in [2.45, 2.75) is 63.4 Å². The van der Waals surface area contributed by atoms with E-state index in [2.05, 4.69) is 20.3 Å². The Labute approximate surface area is 255 Å². The molecule has 2 aliphatic heterocycles. The van der Waals surface area contributed by atoms with E-state index in [1.54, 1.807) is 17.5 Å². The summed E-state index contributed by atoms with van der Waals surface area (Å²) in [7, 11) is -3.69. The number of carbonyl (C=O) groups excluding carboxylic acids is 2. The van der Waals surface area contributed by atoms with Crippen molar-refractivity contribution < 1.29 is 22.7 Å². The minimum Gasteiger partial charge on any atom is -0.382 e. The van der Waals surface area contributed by atoms with Gasteiger partial charge in [0.15, 0.2) is 0 Å². The van der Waals surface area contributed by atoms with Crippen LogP contribution in [0.1, 0.15) is 48.4 Å². The van der Waals surface area contributed by atoms with Crippen LogP contribution in [0.3, 0.4) is 0 Å². The van der Waals surface area contributed by atoms with Gasteiger partial charge in [-0.05, 0) is 62.4 Å². The van der Waals surface area contributed by atoms with Crippen LogP contribution in [0.5, 0.6) is 0 Å². The highest BCUT2D eigenvalue weighted by atomic mass is 35.5. The molecule has 3 atom stereocenters. The van der Waals surface area contributed by atoms with Crippen molar-refractivity contribution in [2.75, 3.05) is 25.9 Å². The molecule has 2 amide bonds. The molecule has 15 heteroatoms. The molecule has 4 rings (SSSR count). The van der Waals surface area contributed by atoms with Crippen molar-refractivity contribution >= 4 is 50.6 Å². The first-order valence-electron chi connectivity index (χ1n) is 13.9. The largest absolute Gasteiger partial charge is 0.382 e. The summed E-state index contributed by atoms with van der Waals surface area (Å²) in [6, 6.07) is 5.38.